The van der Waals surface area contributed by atoms with Gasteiger partial charge in [0, 0.05) is 25.8 Å². The van der Waals surface area contributed by atoms with Crippen LogP contribution in [0.5, 0.6) is 0 Å². The van der Waals surface area contributed by atoms with Crippen molar-refractivity contribution in [2.45, 2.75) is 25.9 Å². The molecule has 0 fully saturated rings. The largest absolute Gasteiger partial charge is 0.337 e. The maximum absolute atomic E-state index is 5.45. The number of imidazole rings is 1. The summed E-state index contributed by atoms with van der Waals surface area (Å²) >= 11 is 0. The first-order valence-electron chi connectivity index (χ1n) is 4.62. The van der Waals surface area contributed by atoms with Crippen molar-refractivity contribution in [3.63, 3.8) is 0 Å². The van der Waals surface area contributed by atoms with E-state index in [0.717, 1.165) is 19.5 Å². The van der Waals surface area contributed by atoms with Crippen LogP contribution in [0.15, 0.2) is 12.5 Å². The Balaban J connectivity index is 2.30. The maximum Gasteiger partial charge on any atom is 0.0945 e. The summed E-state index contributed by atoms with van der Waals surface area (Å²) in [5, 5.41) is 3.39. The number of aryl methyl sites for hydroxylation is 1. The highest BCUT2D eigenvalue weighted by Gasteiger charge is 2.01. The predicted molar refractivity (Wildman–Crippen MR) is 53.2 cm³/mol. The Hall–Kier alpha value is -0.870. The summed E-state index contributed by atoms with van der Waals surface area (Å²) in [6.45, 7) is 3.74. The molecule has 1 rings (SSSR count). The van der Waals surface area contributed by atoms with Crippen molar-refractivity contribution in [3.8, 4) is 0 Å². The number of rotatable bonds is 5. The molecular weight excluding hydrogens is 164 g/mol. The maximum atomic E-state index is 5.45. The summed E-state index contributed by atoms with van der Waals surface area (Å²) < 4.78 is 2.02. The van der Waals surface area contributed by atoms with E-state index in [1.54, 1.807) is 0 Å². The van der Waals surface area contributed by atoms with E-state index in [-0.39, 0.29) is 0 Å². The first-order valence-corrected chi connectivity index (χ1v) is 4.62. The van der Waals surface area contributed by atoms with Crippen LogP contribution in [0.25, 0.3) is 0 Å². The van der Waals surface area contributed by atoms with Crippen LogP contribution in [0, 0.1) is 0 Å². The fourth-order valence-corrected chi connectivity index (χ4v) is 1.19. The third-order valence-corrected chi connectivity index (χ3v) is 2.15. The molecule has 0 aliphatic heterocycles. The van der Waals surface area contributed by atoms with Crippen LogP contribution in [0.4, 0.5) is 0 Å². The minimum absolute atomic E-state index is 0.472. The summed E-state index contributed by atoms with van der Waals surface area (Å²) in [4.78, 5) is 4.04. The number of nitrogens with two attached hydrogens (primary N) is 1. The van der Waals surface area contributed by atoms with Gasteiger partial charge in [0.05, 0.1) is 12.0 Å². The Kier molecular flexibility index (Phi) is 3.92. The van der Waals surface area contributed by atoms with Gasteiger partial charge in [-0.15, -0.1) is 0 Å². The van der Waals surface area contributed by atoms with Gasteiger partial charge in [-0.25, -0.2) is 4.98 Å². The molecule has 0 saturated carbocycles. The molecule has 1 aromatic rings. The average Bonchev–Trinajstić information content (AvgIpc) is 2.48. The normalized spacial score (nSPS) is 13.2. The zero-order valence-corrected chi connectivity index (χ0v) is 8.33. The van der Waals surface area contributed by atoms with E-state index in [1.165, 1.54) is 5.69 Å². The van der Waals surface area contributed by atoms with Crippen LogP contribution >= 0.6 is 0 Å². The first kappa shape index (κ1) is 10.2. The van der Waals surface area contributed by atoms with Gasteiger partial charge < -0.3 is 15.6 Å². The van der Waals surface area contributed by atoms with Crippen molar-refractivity contribution in [3.05, 3.63) is 18.2 Å². The molecule has 3 N–H and O–H groups in total. The molecule has 1 heterocycles. The van der Waals surface area contributed by atoms with E-state index in [9.17, 15) is 0 Å². The Bertz CT molecular complexity index is 244. The summed E-state index contributed by atoms with van der Waals surface area (Å²) in [5.41, 5.74) is 6.65. The summed E-state index contributed by atoms with van der Waals surface area (Å²) in [6, 6.07) is 0.472. The zero-order chi connectivity index (χ0) is 9.68. The molecule has 4 heteroatoms. The third kappa shape index (κ3) is 3.16. The number of hydrogen-bond donors (Lipinski definition) is 2. The highest BCUT2D eigenvalue weighted by molar-refractivity contribution is 4.96. The quantitative estimate of drug-likeness (QED) is 0.686. The monoisotopic (exact) mass is 182 g/mol. The molecule has 0 amide bonds. The molecule has 74 valence electrons. The van der Waals surface area contributed by atoms with Crippen LogP contribution < -0.4 is 11.1 Å². The van der Waals surface area contributed by atoms with Crippen LogP contribution in [0.2, 0.25) is 0 Å². The van der Waals surface area contributed by atoms with E-state index < -0.39 is 0 Å². The Morgan fingerprint density at radius 2 is 2.46 bits per heavy atom. The van der Waals surface area contributed by atoms with Gasteiger partial charge in [-0.1, -0.05) is 0 Å². The van der Waals surface area contributed by atoms with Crippen LogP contribution in [0.1, 0.15) is 19.0 Å². The molecule has 13 heavy (non-hydrogen) atoms. The lowest BCUT2D eigenvalue weighted by Gasteiger charge is -2.12. The van der Waals surface area contributed by atoms with E-state index >= 15 is 0 Å². The molecule has 0 bridgehead atoms. The van der Waals surface area contributed by atoms with E-state index in [4.69, 9.17) is 5.73 Å². The summed E-state index contributed by atoms with van der Waals surface area (Å²) in [5.74, 6) is 0. The molecule has 1 atom stereocenters. The van der Waals surface area contributed by atoms with E-state index in [0.29, 0.717) is 6.04 Å². The smallest absolute Gasteiger partial charge is 0.0945 e. The van der Waals surface area contributed by atoms with Crippen molar-refractivity contribution in [2.75, 3.05) is 6.54 Å². The van der Waals surface area contributed by atoms with E-state index in [2.05, 4.69) is 17.2 Å². The predicted octanol–water partition coefficient (Wildman–Crippen LogP) is 0.247. The van der Waals surface area contributed by atoms with Gasteiger partial charge in [0.25, 0.3) is 0 Å². The molecule has 0 spiro atoms. The van der Waals surface area contributed by atoms with Gasteiger partial charge in [-0.05, 0) is 19.9 Å². The van der Waals surface area contributed by atoms with E-state index in [1.807, 2.05) is 24.1 Å². The van der Waals surface area contributed by atoms with Crippen LogP contribution in [-0.4, -0.2) is 22.1 Å². The second kappa shape index (κ2) is 4.99. The molecule has 4 nitrogen and oxygen atoms in total. The van der Waals surface area contributed by atoms with Crippen molar-refractivity contribution < 1.29 is 0 Å². The lowest BCUT2D eigenvalue weighted by Crippen LogP contribution is -2.28. The average molecular weight is 182 g/mol. The van der Waals surface area contributed by atoms with Gasteiger partial charge in [-0.3, -0.25) is 0 Å². The first-order chi connectivity index (χ1) is 6.24. The summed E-state index contributed by atoms with van der Waals surface area (Å²) in [7, 11) is 2.00. The number of aromatic nitrogens is 2. The molecule has 0 aliphatic carbocycles. The Labute approximate surface area is 79.1 Å². The second-order valence-corrected chi connectivity index (χ2v) is 3.36. The van der Waals surface area contributed by atoms with Crippen molar-refractivity contribution >= 4 is 0 Å². The lowest BCUT2D eigenvalue weighted by molar-refractivity contribution is 0.509. The van der Waals surface area contributed by atoms with Crippen molar-refractivity contribution in [1.29, 1.82) is 0 Å². The lowest BCUT2D eigenvalue weighted by atomic mass is 10.2. The standard InChI is InChI=1S/C9H18N4/c1-8(3-4-10)12-6-9-5-11-7-13(9)2/h5,7-8,12H,3-4,6,10H2,1-2H3. The zero-order valence-electron chi connectivity index (χ0n) is 8.33. The number of hydrogen-bond acceptors (Lipinski definition) is 3. The summed E-state index contributed by atoms with van der Waals surface area (Å²) in [6.07, 6.45) is 4.70. The molecule has 0 aromatic carbocycles. The van der Waals surface area contributed by atoms with Gasteiger partial charge in [0.2, 0.25) is 0 Å². The second-order valence-electron chi connectivity index (χ2n) is 3.36. The molecule has 0 aliphatic rings. The fraction of sp³-hybridized carbons (Fsp3) is 0.667. The molecule has 1 unspecified atom stereocenters. The highest BCUT2D eigenvalue weighted by atomic mass is 15.0. The fourth-order valence-electron chi connectivity index (χ4n) is 1.19. The van der Waals surface area contributed by atoms with Crippen molar-refractivity contribution in [2.24, 2.45) is 12.8 Å². The molecular formula is C9H18N4. The minimum Gasteiger partial charge on any atom is -0.337 e. The number of nitrogens with one attached hydrogen (secondary N) is 1. The molecule has 1 aromatic heterocycles. The van der Waals surface area contributed by atoms with Gasteiger partial charge >= 0.3 is 0 Å². The molecule has 0 radical (unpaired) electrons. The van der Waals surface area contributed by atoms with Crippen molar-refractivity contribution in [1.82, 2.24) is 14.9 Å². The highest BCUT2D eigenvalue weighted by Crippen LogP contribution is 1.97. The Morgan fingerprint density at radius 1 is 1.69 bits per heavy atom. The topological polar surface area (TPSA) is 55.9 Å². The van der Waals surface area contributed by atoms with Gasteiger partial charge in [-0.2, -0.15) is 0 Å². The third-order valence-electron chi connectivity index (χ3n) is 2.15. The molecule has 0 saturated heterocycles. The number of nitrogens with zero attached hydrogens (tertiary/aromatic N) is 2. The van der Waals surface area contributed by atoms with Gasteiger partial charge in [0.1, 0.15) is 0 Å². The van der Waals surface area contributed by atoms with Crippen LogP contribution in [0.3, 0.4) is 0 Å². The Morgan fingerprint density at radius 3 is 3.00 bits per heavy atom. The van der Waals surface area contributed by atoms with Crippen LogP contribution in [-0.2, 0) is 13.6 Å². The van der Waals surface area contributed by atoms with Gasteiger partial charge in [0.15, 0.2) is 0 Å². The SMILES string of the molecule is CC(CCN)NCc1cncn1C. The minimum atomic E-state index is 0.472.